The Morgan fingerprint density at radius 1 is 1.16 bits per heavy atom. The number of nitrogens with two attached hydrogens (primary N) is 1. The summed E-state index contributed by atoms with van der Waals surface area (Å²) in [5.41, 5.74) is 8.09. The van der Waals surface area contributed by atoms with Gasteiger partial charge in [-0.3, -0.25) is 4.79 Å². The van der Waals surface area contributed by atoms with Crippen LogP contribution in [0.4, 0.5) is 0 Å². The van der Waals surface area contributed by atoms with Crippen LogP contribution in [0.2, 0.25) is 0 Å². The zero-order chi connectivity index (χ0) is 14.1. The summed E-state index contributed by atoms with van der Waals surface area (Å²) in [7, 11) is 1.87. The fraction of sp³-hybridized carbons (Fsp3) is 0.562. The van der Waals surface area contributed by atoms with E-state index < -0.39 is 0 Å². The summed E-state index contributed by atoms with van der Waals surface area (Å²) in [6.07, 6.45) is 4.56. The average Bonchev–Trinajstić information content (AvgIpc) is 2.44. The molecule has 106 valence electrons. The topological polar surface area (TPSA) is 46.3 Å². The molecule has 0 aromatic heterocycles. The number of benzene rings is 1. The lowest BCUT2D eigenvalue weighted by Gasteiger charge is -2.17. The zero-order valence-electron chi connectivity index (χ0n) is 12.2. The van der Waals surface area contributed by atoms with Crippen molar-refractivity contribution in [2.45, 2.75) is 39.0 Å². The molecule has 0 aliphatic heterocycles. The molecule has 0 atom stereocenters. The molecule has 0 aliphatic rings. The number of carbonyl (C=O) groups is 1. The molecule has 1 amide bonds. The van der Waals surface area contributed by atoms with Crippen molar-refractivity contribution >= 4 is 5.91 Å². The van der Waals surface area contributed by atoms with Crippen LogP contribution in [0.3, 0.4) is 0 Å². The quantitative estimate of drug-likeness (QED) is 0.782. The van der Waals surface area contributed by atoms with Gasteiger partial charge in [-0.1, -0.05) is 37.6 Å². The van der Waals surface area contributed by atoms with Crippen LogP contribution in [0.1, 0.15) is 37.3 Å². The molecule has 3 heteroatoms. The number of amides is 1. The molecule has 1 aromatic rings. The van der Waals surface area contributed by atoms with E-state index in [0.717, 1.165) is 25.8 Å². The molecule has 0 bridgehead atoms. The number of rotatable bonds is 8. The van der Waals surface area contributed by atoms with E-state index in [9.17, 15) is 4.79 Å². The second-order valence-electron chi connectivity index (χ2n) is 5.02. The van der Waals surface area contributed by atoms with E-state index in [2.05, 4.69) is 31.2 Å². The Morgan fingerprint density at radius 2 is 1.74 bits per heavy atom. The molecule has 0 fully saturated rings. The molecule has 0 saturated heterocycles. The summed E-state index contributed by atoms with van der Waals surface area (Å²) in [6.45, 7) is 3.55. The molecule has 1 rings (SSSR count). The van der Waals surface area contributed by atoms with Crippen molar-refractivity contribution in [1.82, 2.24) is 4.90 Å². The Bertz CT molecular complexity index is 373. The maximum absolute atomic E-state index is 11.7. The molecule has 1 aromatic carbocycles. The highest BCUT2D eigenvalue weighted by atomic mass is 16.2. The maximum Gasteiger partial charge on any atom is 0.222 e. The van der Waals surface area contributed by atoms with E-state index >= 15 is 0 Å². The van der Waals surface area contributed by atoms with Crippen molar-refractivity contribution in [3.63, 3.8) is 0 Å². The Balaban J connectivity index is 2.37. The minimum Gasteiger partial charge on any atom is -0.345 e. The van der Waals surface area contributed by atoms with Crippen LogP contribution in [-0.2, 0) is 17.6 Å². The van der Waals surface area contributed by atoms with Gasteiger partial charge in [-0.15, -0.1) is 0 Å². The fourth-order valence-electron chi connectivity index (χ4n) is 2.03. The summed E-state index contributed by atoms with van der Waals surface area (Å²) in [5, 5.41) is 0. The number of nitrogens with zero attached hydrogens (tertiary/aromatic N) is 1. The Kier molecular flexibility index (Phi) is 7.19. The molecular formula is C16H26N2O. The Morgan fingerprint density at radius 3 is 2.26 bits per heavy atom. The van der Waals surface area contributed by atoms with Gasteiger partial charge in [0.25, 0.3) is 0 Å². The summed E-state index contributed by atoms with van der Waals surface area (Å²) in [6, 6.07) is 8.72. The first kappa shape index (κ1) is 15.7. The van der Waals surface area contributed by atoms with Crippen LogP contribution in [-0.4, -0.2) is 30.9 Å². The molecule has 0 unspecified atom stereocenters. The Labute approximate surface area is 116 Å². The van der Waals surface area contributed by atoms with Gasteiger partial charge in [0.1, 0.15) is 0 Å². The van der Waals surface area contributed by atoms with Crippen molar-refractivity contribution in [2.24, 2.45) is 5.73 Å². The lowest BCUT2D eigenvalue weighted by atomic mass is 10.1. The second kappa shape index (κ2) is 8.70. The second-order valence-corrected chi connectivity index (χ2v) is 5.02. The molecule has 0 saturated carbocycles. The van der Waals surface area contributed by atoms with Crippen molar-refractivity contribution < 1.29 is 4.79 Å². The smallest absolute Gasteiger partial charge is 0.222 e. The van der Waals surface area contributed by atoms with E-state index in [1.165, 1.54) is 17.5 Å². The van der Waals surface area contributed by atoms with Gasteiger partial charge < -0.3 is 10.6 Å². The van der Waals surface area contributed by atoms with Gasteiger partial charge in [0, 0.05) is 20.0 Å². The average molecular weight is 262 g/mol. The predicted molar refractivity (Wildman–Crippen MR) is 80.1 cm³/mol. The standard InChI is InChI=1S/C16H26N2O/c1-3-5-14-7-9-15(10-8-14)11-13-18(2)16(19)6-4-12-17/h7-10H,3-6,11-13,17H2,1-2H3. The van der Waals surface area contributed by atoms with Crippen LogP contribution in [0, 0.1) is 0 Å². The number of hydrogen-bond donors (Lipinski definition) is 1. The normalized spacial score (nSPS) is 10.5. The predicted octanol–water partition coefficient (Wildman–Crippen LogP) is 2.38. The van der Waals surface area contributed by atoms with Gasteiger partial charge in [0.2, 0.25) is 5.91 Å². The minimum absolute atomic E-state index is 0.188. The first-order valence-electron chi connectivity index (χ1n) is 7.19. The maximum atomic E-state index is 11.7. The first-order chi connectivity index (χ1) is 9.17. The third kappa shape index (κ3) is 5.88. The summed E-state index contributed by atoms with van der Waals surface area (Å²) in [5.74, 6) is 0.188. The summed E-state index contributed by atoms with van der Waals surface area (Å²) in [4.78, 5) is 13.5. The highest BCUT2D eigenvalue weighted by Crippen LogP contribution is 2.08. The molecule has 3 nitrogen and oxygen atoms in total. The van der Waals surface area contributed by atoms with Crippen molar-refractivity contribution in [1.29, 1.82) is 0 Å². The summed E-state index contributed by atoms with van der Waals surface area (Å²) < 4.78 is 0. The molecule has 0 aliphatic carbocycles. The van der Waals surface area contributed by atoms with E-state index in [1.54, 1.807) is 4.90 Å². The SMILES string of the molecule is CCCc1ccc(CCN(C)C(=O)CCCN)cc1. The number of carbonyl (C=O) groups excluding carboxylic acids is 1. The van der Waals surface area contributed by atoms with Crippen LogP contribution in [0.15, 0.2) is 24.3 Å². The molecule has 19 heavy (non-hydrogen) atoms. The number of hydrogen-bond acceptors (Lipinski definition) is 2. The molecule has 0 radical (unpaired) electrons. The van der Waals surface area contributed by atoms with Crippen molar-refractivity contribution in [2.75, 3.05) is 20.1 Å². The van der Waals surface area contributed by atoms with E-state index in [0.29, 0.717) is 13.0 Å². The van der Waals surface area contributed by atoms with Crippen LogP contribution < -0.4 is 5.73 Å². The molecular weight excluding hydrogens is 236 g/mol. The van der Waals surface area contributed by atoms with E-state index in [-0.39, 0.29) is 5.91 Å². The fourth-order valence-corrected chi connectivity index (χ4v) is 2.03. The van der Waals surface area contributed by atoms with Gasteiger partial charge >= 0.3 is 0 Å². The van der Waals surface area contributed by atoms with E-state index in [1.807, 2.05) is 7.05 Å². The van der Waals surface area contributed by atoms with Gasteiger partial charge in [-0.25, -0.2) is 0 Å². The van der Waals surface area contributed by atoms with Gasteiger partial charge in [-0.2, -0.15) is 0 Å². The number of likely N-dealkylation sites (N-methyl/N-ethyl adjacent to an activating group) is 1. The highest BCUT2D eigenvalue weighted by Gasteiger charge is 2.07. The molecule has 0 heterocycles. The van der Waals surface area contributed by atoms with E-state index in [4.69, 9.17) is 5.73 Å². The lowest BCUT2D eigenvalue weighted by molar-refractivity contribution is -0.129. The van der Waals surface area contributed by atoms with Crippen LogP contribution in [0.5, 0.6) is 0 Å². The van der Waals surface area contributed by atoms with Crippen molar-refractivity contribution in [3.05, 3.63) is 35.4 Å². The van der Waals surface area contributed by atoms with Crippen molar-refractivity contribution in [3.8, 4) is 0 Å². The van der Waals surface area contributed by atoms with Crippen LogP contribution in [0.25, 0.3) is 0 Å². The van der Waals surface area contributed by atoms with Gasteiger partial charge in [0.15, 0.2) is 0 Å². The van der Waals surface area contributed by atoms with Gasteiger partial charge in [-0.05, 0) is 36.9 Å². The monoisotopic (exact) mass is 262 g/mol. The largest absolute Gasteiger partial charge is 0.345 e. The summed E-state index contributed by atoms with van der Waals surface area (Å²) >= 11 is 0. The third-order valence-corrected chi connectivity index (χ3v) is 3.32. The minimum atomic E-state index is 0.188. The number of aryl methyl sites for hydroxylation is 1. The third-order valence-electron chi connectivity index (χ3n) is 3.32. The molecule has 0 spiro atoms. The zero-order valence-corrected chi connectivity index (χ0v) is 12.2. The Hall–Kier alpha value is -1.35. The lowest BCUT2D eigenvalue weighted by Crippen LogP contribution is -2.29. The molecule has 2 N–H and O–H groups in total. The van der Waals surface area contributed by atoms with Gasteiger partial charge in [0.05, 0.1) is 0 Å². The highest BCUT2D eigenvalue weighted by molar-refractivity contribution is 5.75. The van der Waals surface area contributed by atoms with Crippen LogP contribution >= 0.6 is 0 Å². The first-order valence-corrected chi connectivity index (χ1v) is 7.19.